The lowest BCUT2D eigenvalue weighted by Gasteiger charge is -2.15. The van der Waals surface area contributed by atoms with Gasteiger partial charge < -0.3 is 0 Å². The fourth-order valence-electron chi connectivity index (χ4n) is 7.01. The van der Waals surface area contributed by atoms with Gasteiger partial charge in [0, 0.05) is 16.7 Å². The number of fused-ring (bicyclic) bond motifs is 2. The third kappa shape index (κ3) is 5.32. The first-order valence-corrected chi connectivity index (χ1v) is 16.9. The van der Waals surface area contributed by atoms with E-state index in [-0.39, 0.29) is 0 Å². The van der Waals surface area contributed by atoms with Crippen LogP contribution in [0.15, 0.2) is 188 Å². The molecule has 8 aromatic carbocycles. The van der Waals surface area contributed by atoms with E-state index in [4.69, 9.17) is 15.0 Å². The first kappa shape index (κ1) is 29.4. The van der Waals surface area contributed by atoms with Crippen molar-refractivity contribution in [2.75, 3.05) is 0 Å². The molecule has 0 aliphatic heterocycles. The maximum Gasteiger partial charge on any atom is 0.164 e. The van der Waals surface area contributed by atoms with Crippen molar-refractivity contribution in [1.29, 1.82) is 0 Å². The van der Waals surface area contributed by atoms with Gasteiger partial charge in [-0.05, 0) is 67.1 Å². The van der Waals surface area contributed by atoms with E-state index in [9.17, 15) is 0 Å². The van der Waals surface area contributed by atoms with E-state index in [2.05, 4.69) is 182 Å². The summed E-state index contributed by atoms with van der Waals surface area (Å²) >= 11 is 0. The van der Waals surface area contributed by atoms with Crippen LogP contribution in [0.3, 0.4) is 0 Å². The maximum atomic E-state index is 5.28. The van der Waals surface area contributed by atoms with E-state index in [1.165, 1.54) is 22.3 Å². The van der Waals surface area contributed by atoms with Gasteiger partial charge in [0.15, 0.2) is 17.5 Å². The number of aromatic nitrogens is 3. The van der Waals surface area contributed by atoms with Crippen molar-refractivity contribution >= 4 is 21.5 Å². The molecule has 9 aromatic rings. The molecule has 1 heterocycles. The van der Waals surface area contributed by atoms with Gasteiger partial charge in [-0.3, -0.25) is 0 Å². The van der Waals surface area contributed by atoms with Gasteiger partial charge >= 0.3 is 0 Å². The normalized spacial score (nSPS) is 11.2. The Morgan fingerprint density at radius 2 is 0.480 bits per heavy atom. The van der Waals surface area contributed by atoms with Gasteiger partial charge in [0.05, 0.1) is 0 Å². The molecule has 0 N–H and O–H groups in total. The van der Waals surface area contributed by atoms with Crippen LogP contribution in [0.5, 0.6) is 0 Å². The Bertz CT molecular complexity index is 2490. The summed E-state index contributed by atoms with van der Waals surface area (Å²) in [4.78, 5) is 15.8. The summed E-state index contributed by atoms with van der Waals surface area (Å²) in [6, 6.07) is 65.7. The molecule has 0 spiro atoms. The Balaban J connectivity index is 1.31. The second-order valence-corrected chi connectivity index (χ2v) is 12.4. The van der Waals surface area contributed by atoms with E-state index in [0.29, 0.717) is 17.5 Å². The van der Waals surface area contributed by atoms with E-state index in [1.54, 1.807) is 0 Å². The van der Waals surface area contributed by atoms with Crippen LogP contribution in [-0.4, -0.2) is 15.0 Å². The SMILES string of the molecule is c1ccc(-c2ccccc2-c2nc(-c3ccc(-c4ccccc4)c4ccccc34)nc(-c3ccc(-c4ccccc4)c4ccccc34)n2)cc1. The van der Waals surface area contributed by atoms with Gasteiger partial charge in [-0.2, -0.15) is 0 Å². The zero-order chi connectivity index (χ0) is 33.3. The highest BCUT2D eigenvalue weighted by Gasteiger charge is 2.19. The number of nitrogens with zero attached hydrogens (tertiary/aromatic N) is 3. The zero-order valence-electron chi connectivity index (χ0n) is 27.2. The molecular formula is C47H31N3. The van der Waals surface area contributed by atoms with E-state index in [0.717, 1.165) is 49.4 Å². The minimum absolute atomic E-state index is 0.636. The predicted octanol–water partition coefficient (Wildman–Crippen LogP) is 12.2. The standard InChI is InChI=1S/C47H31N3/c1-4-16-32(17-5-1)35-22-10-15-27-42(35)45-48-46(43-30-28-36(33-18-6-2-7-19-33)38-23-11-13-25-40(38)43)50-47(49-45)44-31-29-37(34-20-8-3-9-21-34)39-24-12-14-26-41(39)44/h1-31H. The van der Waals surface area contributed by atoms with E-state index < -0.39 is 0 Å². The van der Waals surface area contributed by atoms with Crippen molar-refractivity contribution in [2.45, 2.75) is 0 Å². The molecule has 0 fully saturated rings. The second kappa shape index (κ2) is 12.7. The molecule has 234 valence electrons. The van der Waals surface area contributed by atoms with Crippen molar-refractivity contribution in [1.82, 2.24) is 15.0 Å². The highest BCUT2D eigenvalue weighted by Crippen LogP contribution is 2.39. The Morgan fingerprint density at radius 1 is 0.200 bits per heavy atom. The molecule has 0 saturated carbocycles. The van der Waals surface area contributed by atoms with Crippen LogP contribution in [0.1, 0.15) is 0 Å². The molecule has 0 unspecified atom stereocenters. The lowest BCUT2D eigenvalue weighted by atomic mass is 9.94. The average molecular weight is 638 g/mol. The van der Waals surface area contributed by atoms with Crippen LogP contribution >= 0.6 is 0 Å². The summed E-state index contributed by atoms with van der Waals surface area (Å²) in [6.45, 7) is 0. The summed E-state index contributed by atoms with van der Waals surface area (Å²) in [6.07, 6.45) is 0. The summed E-state index contributed by atoms with van der Waals surface area (Å²) in [7, 11) is 0. The third-order valence-corrected chi connectivity index (χ3v) is 9.39. The fourth-order valence-corrected chi connectivity index (χ4v) is 7.01. The Kier molecular flexibility index (Phi) is 7.49. The molecule has 0 atom stereocenters. The number of hydrogen-bond acceptors (Lipinski definition) is 3. The van der Waals surface area contributed by atoms with Crippen LogP contribution in [0.4, 0.5) is 0 Å². The van der Waals surface area contributed by atoms with E-state index in [1.807, 2.05) is 6.07 Å². The summed E-state index contributed by atoms with van der Waals surface area (Å²) in [5, 5.41) is 4.50. The highest BCUT2D eigenvalue weighted by molar-refractivity contribution is 6.06. The second-order valence-electron chi connectivity index (χ2n) is 12.4. The molecule has 3 nitrogen and oxygen atoms in total. The number of hydrogen-bond donors (Lipinski definition) is 0. The van der Waals surface area contributed by atoms with E-state index >= 15 is 0 Å². The quantitative estimate of drug-likeness (QED) is 0.182. The van der Waals surface area contributed by atoms with Crippen LogP contribution in [0.2, 0.25) is 0 Å². The van der Waals surface area contributed by atoms with Crippen LogP contribution in [-0.2, 0) is 0 Å². The number of benzene rings is 8. The third-order valence-electron chi connectivity index (χ3n) is 9.39. The molecule has 1 aromatic heterocycles. The molecule has 0 amide bonds. The lowest BCUT2D eigenvalue weighted by molar-refractivity contribution is 1.08. The first-order chi connectivity index (χ1) is 24.8. The lowest BCUT2D eigenvalue weighted by Crippen LogP contribution is -2.02. The van der Waals surface area contributed by atoms with Crippen LogP contribution in [0, 0.1) is 0 Å². The van der Waals surface area contributed by atoms with Gasteiger partial charge in [-0.15, -0.1) is 0 Å². The summed E-state index contributed by atoms with van der Waals surface area (Å²) in [5.74, 6) is 1.91. The maximum absolute atomic E-state index is 5.28. The van der Waals surface area contributed by atoms with Crippen molar-refractivity contribution in [3.63, 3.8) is 0 Å². The molecule has 0 radical (unpaired) electrons. The van der Waals surface area contributed by atoms with Crippen molar-refractivity contribution < 1.29 is 0 Å². The Labute approximate surface area is 291 Å². The van der Waals surface area contributed by atoms with Gasteiger partial charge in [-0.1, -0.05) is 176 Å². The summed E-state index contributed by atoms with van der Waals surface area (Å²) < 4.78 is 0. The summed E-state index contributed by atoms with van der Waals surface area (Å²) in [5.41, 5.74) is 9.78. The monoisotopic (exact) mass is 637 g/mol. The van der Waals surface area contributed by atoms with Gasteiger partial charge in [0.2, 0.25) is 0 Å². The molecule has 50 heavy (non-hydrogen) atoms. The largest absolute Gasteiger partial charge is 0.208 e. The molecule has 0 bridgehead atoms. The molecule has 0 aliphatic carbocycles. The van der Waals surface area contributed by atoms with Crippen molar-refractivity contribution in [3.05, 3.63) is 188 Å². The zero-order valence-corrected chi connectivity index (χ0v) is 27.2. The van der Waals surface area contributed by atoms with Crippen molar-refractivity contribution in [3.8, 4) is 67.5 Å². The molecule has 3 heteroatoms. The minimum atomic E-state index is 0.636. The number of rotatable bonds is 6. The Hall–Kier alpha value is -6.71. The van der Waals surface area contributed by atoms with Crippen LogP contribution in [0.25, 0.3) is 89.1 Å². The van der Waals surface area contributed by atoms with Gasteiger partial charge in [0.25, 0.3) is 0 Å². The molecule has 0 saturated heterocycles. The minimum Gasteiger partial charge on any atom is -0.208 e. The molecular weight excluding hydrogens is 607 g/mol. The highest BCUT2D eigenvalue weighted by atomic mass is 15.0. The first-order valence-electron chi connectivity index (χ1n) is 16.9. The smallest absolute Gasteiger partial charge is 0.164 e. The van der Waals surface area contributed by atoms with Gasteiger partial charge in [0.1, 0.15) is 0 Å². The Morgan fingerprint density at radius 3 is 0.900 bits per heavy atom. The predicted molar refractivity (Wildman–Crippen MR) is 207 cm³/mol. The molecule has 9 rings (SSSR count). The fraction of sp³-hybridized carbons (Fsp3) is 0. The van der Waals surface area contributed by atoms with Crippen LogP contribution < -0.4 is 0 Å². The van der Waals surface area contributed by atoms with Crippen molar-refractivity contribution in [2.24, 2.45) is 0 Å². The average Bonchev–Trinajstić information content (AvgIpc) is 3.21. The topological polar surface area (TPSA) is 38.7 Å². The molecule has 0 aliphatic rings. The van der Waals surface area contributed by atoms with Gasteiger partial charge in [-0.25, -0.2) is 15.0 Å².